The molecule has 0 aliphatic rings. The third kappa shape index (κ3) is 9.50. The molecule has 0 bridgehead atoms. The van der Waals surface area contributed by atoms with Gasteiger partial charge in [-0.3, -0.25) is 9.59 Å². The van der Waals surface area contributed by atoms with Crippen LogP contribution in [0.15, 0.2) is 42.5 Å². The summed E-state index contributed by atoms with van der Waals surface area (Å²) in [6, 6.07) is 13.0. The van der Waals surface area contributed by atoms with Crippen molar-refractivity contribution in [2.75, 3.05) is 32.2 Å². The largest absolute Gasteiger partial charge is 0.467 e. The highest BCUT2D eigenvalue weighted by Crippen LogP contribution is 2.29. The Kier molecular flexibility index (Phi) is 14.0. The first-order valence-electron chi connectivity index (χ1n) is 13.7. The Bertz CT molecular complexity index is 1050. The Labute approximate surface area is 232 Å². The van der Waals surface area contributed by atoms with Crippen molar-refractivity contribution in [3.8, 4) is 11.1 Å². The predicted molar refractivity (Wildman–Crippen MR) is 158 cm³/mol. The normalized spacial score (nSPS) is 11.6. The lowest BCUT2D eigenvalue weighted by Gasteiger charge is -2.22. The van der Waals surface area contributed by atoms with Gasteiger partial charge in [-0.25, -0.2) is 4.79 Å². The molecule has 0 aliphatic heterocycles. The first-order valence-corrected chi connectivity index (χ1v) is 15.1. The molecule has 0 spiro atoms. The summed E-state index contributed by atoms with van der Waals surface area (Å²) in [5.41, 5.74) is 4.31. The smallest absolute Gasteiger partial charge is 0.328 e. The van der Waals surface area contributed by atoms with Gasteiger partial charge in [-0.2, -0.15) is 11.8 Å². The molecule has 0 radical (unpaired) electrons. The number of amides is 2. The molecule has 2 aromatic carbocycles. The van der Waals surface area contributed by atoms with Crippen molar-refractivity contribution in [2.24, 2.45) is 0 Å². The van der Waals surface area contributed by atoms with E-state index in [2.05, 4.69) is 19.2 Å². The minimum Gasteiger partial charge on any atom is -0.467 e. The number of hydrogen-bond donors (Lipinski definition) is 1. The van der Waals surface area contributed by atoms with Gasteiger partial charge in [0.25, 0.3) is 5.91 Å². The molecule has 0 unspecified atom stereocenters. The fourth-order valence-corrected chi connectivity index (χ4v) is 4.85. The molecule has 2 amide bonds. The van der Waals surface area contributed by atoms with Gasteiger partial charge in [-0.05, 0) is 72.9 Å². The Morgan fingerprint density at radius 2 is 1.68 bits per heavy atom. The van der Waals surface area contributed by atoms with Gasteiger partial charge in [-0.1, -0.05) is 63.1 Å². The summed E-state index contributed by atoms with van der Waals surface area (Å²) in [5.74, 6) is 0.148. The number of nitrogens with one attached hydrogen (secondary N) is 1. The van der Waals surface area contributed by atoms with E-state index in [0.717, 1.165) is 66.8 Å². The topological polar surface area (TPSA) is 75.7 Å². The van der Waals surface area contributed by atoms with E-state index in [1.54, 1.807) is 11.8 Å². The predicted octanol–water partition coefficient (Wildman–Crippen LogP) is 6.05. The Morgan fingerprint density at radius 3 is 2.29 bits per heavy atom. The number of esters is 1. The van der Waals surface area contributed by atoms with Crippen LogP contribution in [0.1, 0.15) is 73.9 Å². The van der Waals surface area contributed by atoms with E-state index in [-0.39, 0.29) is 11.8 Å². The number of nitrogens with zero attached hydrogens (tertiary/aromatic N) is 1. The number of methoxy groups -OCH3 is 1. The fourth-order valence-electron chi connectivity index (χ4n) is 4.37. The van der Waals surface area contributed by atoms with Crippen molar-refractivity contribution >= 4 is 29.5 Å². The molecule has 0 fully saturated rings. The molecule has 0 aliphatic carbocycles. The number of carbonyl (C=O) groups is 3. The number of thioether (sulfide) groups is 1. The molecule has 2 aromatic rings. The highest BCUT2D eigenvalue weighted by atomic mass is 32.2. The van der Waals surface area contributed by atoms with Gasteiger partial charge in [0.1, 0.15) is 6.04 Å². The third-order valence-corrected chi connectivity index (χ3v) is 7.35. The van der Waals surface area contributed by atoms with E-state index in [0.29, 0.717) is 24.8 Å². The lowest BCUT2D eigenvalue weighted by molar-refractivity contribution is -0.142. The van der Waals surface area contributed by atoms with Gasteiger partial charge < -0.3 is 15.0 Å². The van der Waals surface area contributed by atoms with Gasteiger partial charge in [0, 0.05) is 25.1 Å². The minimum absolute atomic E-state index is 0.181. The SMILES string of the molecule is CCCCN(CCCC)C(=O)CCc1ccc(C(=O)N[C@@H](CCSC)C(=O)OC)c(-c2ccccc2C)c1. The van der Waals surface area contributed by atoms with Crippen LogP contribution in [0.4, 0.5) is 0 Å². The van der Waals surface area contributed by atoms with Crippen molar-refractivity contribution in [3.05, 3.63) is 59.2 Å². The van der Waals surface area contributed by atoms with E-state index < -0.39 is 12.0 Å². The van der Waals surface area contributed by atoms with Gasteiger partial charge in [-0.15, -0.1) is 0 Å². The van der Waals surface area contributed by atoms with Crippen LogP contribution in [-0.2, 0) is 20.7 Å². The highest BCUT2D eigenvalue weighted by Gasteiger charge is 2.24. The Hall–Kier alpha value is -2.80. The minimum atomic E-state index is -0.709. The second kappa shape index (κ2) is 16.9. The quantitative estimate of drug-likeness (QED) is 0.263. The number of ether oxygens (including phenoxy) is 1. The van der Waals surface area contributed by atoms with Crippen molar-refractivity contribution in [3.63, 3.8) is 0 Å². The van der Waals surface area contributed by atoms with Crippen LogP contribution >= 0.6 is 11.8 Å². The average Bonchev–Trinajstić information content (AvgIpc) is 2.93. The molecule has 2 rings (SSSR count). The van der Waals surface area contributed by atoms with Gasteiger partial charge >= 0.3 is 5.97 Å². The summed E-state index contributed by atoms with van der Waals surface area (Å²) in [7, 11) is 1.33. The molecule has 1 N–H and O–H groups in total. The number of carbonyl (C=O) groups excluding carboxylic acids is 3. The van der Waals surface area contributed by atoms with Crippen molar-refractivity contribution in [2.45, 2.75) is 71.8 Å². The molecular weight excluding hydrogens is 496 g/mol. The van der Waals surface area contributed by atoms with Gasteiger partial charge in [0.2, 0.25) is 5.91 Å². The third-order valence-electron chi connectivity index (χ3n) is 6.71. The van der Waals surface area contributed by atoms with Crippen LogP contribution in [0.25, 0.3) is 11.1 Å². The molecule has 0 heterocycles. The summed E-state index contributed by atoms with van der Waals surface area (Å²) >= 11 is 1.61. The van der Waals surface area contributed by atoms with E-state index in [1.807, 2.05) is 60.5 Å². The first kappa shape index (κ1) is 31.4. The maximum absolute atomic E-state index is 13.4. The molecule has 6 nitrogen and oxygen atoms in total. The van der Waals surface area contributed by atoms with E-state index in [4.69, 9.17) is 4.74 Å². The van der Waals surface area contributed by atoms with Crippen LogP contribution in [-0.4, -0.2) is 60.9 Å². The zero-order valence-electron chi connectivity index (χ0n) is 23.7. The summed E-state index contributed by atoms with van der Waals surface area (Å²) in [4.78, 5) is 40.8. The second-order valence-corrected chi connectivity index (χ2v) is 10.6. The van der Waals surface area contributed by atoms with Crippen molar-refractivity contribution in [1.82, 2.24) is 10.2 Å². The van der Waals surface area contributed by atoms with Crippen LogP contribution in [0, 0.1) is 6.92 Å². The molecular formula is C31H44N2O4S. The summed E-state index contributed by atoms with van der Waals surface area (Å²) < 4.78 is 4.92. The fraction of sp³-hybridized carbons (Fsp3) is 0.516. The molecule has 38 heavy (non-hydrogen) atoms. The second-order valence-electron chi connectivity index (χ2n) is 9.61. The standard InChI is InChI=1S/C31H44N2O4S/c1-6-8-19-33(20-9-7-2)29(34)17-15-24-14-16-26(27(22-24)25-13-11-10-12-23(25)3)30(35)32-28(18-21-38-5)31(36)37-4/h10-14,16,22,28H,6-9,15,17-21H2,1-5H3,(H,32,35)/t28-/m0/s1. The molecule has 208 valence electrons. The molecule has 7 heteroatoms. The van der Waals surface area contributed by atoms with E-state index >= 15 is 0 Å². The van der Waals surface area contributed by atoms with Crippen molar-refractivity contribution in [1.29, 1.82) is 0 Å². The first-order chi connectivity index (χ1) is 18.4. The van der Waals surface area contributed by atoms with Crippen LogP contribution in [0.5, 0.6) is 0 Å². The number of aryl methyl sites for hydroxylation is 2. The molecule has 0 saturated heterocycles. The summed E-state index contributed by atoms with van der Waals surface area (Å²) in [6.45, 7) is 7.91. The van der Waals surface area contributed by atoms with Crippen LogP contribution in [0.2, 0.25) is 0 Å². The highest BCUT2D eigenvalue weighted by molar-refractivity contribution is 7.98. The zero-order chi connectivity index (χ0) is 27.9. The number of hydrogen-bond acceptors (Lipinski definition) is 5. The maximum atomic E-state index is 13.4. The van der Waals surface area contributed by atoms with Gasteiger partial charge in [0.05, 0.1) is 7.11 Å². The lowest BCUT2D eigenvalue weighted by atomic mass is 9.92. The molecule has 0 aromatic heterocycles. The molecule has 1 atom stereocenters. The van der Waals surface area contributed by atoms with Crippen LogP contribution in [0.3, 0.4) is 0 Å². The number of rotatable bonds is 16. The summed E-state index contributed by atoms with van der Waals surface area (Å²) in [6.07, 6.45) is 7.65. The van der Waals surface area contributed by atoms with Crippen LogP contribution < -0.4 is 5.32 Å². The summed E-state index contributed by atoms with van der Waals surface area (Å²) in [5, 5.41) is 2.88. The number of unbranched alkanes of at least 4 members (excludes halogenated alkanes) is 2. The zero-order valence-corrected chi connectivity index (χ0v) is 24.5. The average molecular weight is 541 g/mol. The van der Waals surface area contributed by atoms with E-state index in [9.17, 15) is 14.4 Å². The number of benzene rings is 2. The maximum Gasteiger partial charge on any atom is 0.328 e. The Balaban J connectivity index is 2.32. The van der Waals surface area contributed by atoms with E-state index in [1.165, 1.54) is 7.11 Å². The van der Waals surface area contributed by atoms with Crippen molar-refractivity contribution < 1.29 is 19.1 Å². The molecule has 0 saturated carbocycles. The lowest BCUT2D eigenvalue weighted by Crippen LogP contribution is -2.42. The Morgan fingerprint density at radius 1 is 1.00 bits per heavy atom. The van der Waals surface area contributed by atoms with Gasteiger partial charge in [0.15, 0.2) is 0 Å². The monoisotopic (exact) mass is 540 g/mol.